The van der Waals surface area contributed by atoms with E-state index >= 15 is 0 Å². The molecule has 1 aromatic rings. The molecule has 0 aromatic heterocycles. The second-order valence-corrected chi connectivity index (χ2v) is 6.32. The van der Waals surface area contributed by atoms with Crippen LogP contribution in [0.1, 0.15) is 32.4 Å². The number of carbonyl (C=O) groups excluding carboxylic acids is 2. The molecule has 0 bridgehead atoms. The van der Waals surface area contributed by atoms with E-state index in [9.17, 15) is 14.0 Å². The topological polar surface area (TPSA) is 84.2 Å². The molecule has 9 heteroatoms. The Labute approximate surface area is 156 Å². The van der Waals surface area contributed by atoms with Gasteiger partial charge in [0.2, 0.25) is 11.8 Å². The van der Waals surface area contributed by atoms with E-state index in [2.05, 4.69) is 10.6 Å². The number of hydrogen-bond acceptors (Lipinski definition) is 3. The van der Waals surface area contributed by atoms with Crippen LogP contribution in [0.15, 0.2) is 12.1 Å². The molecule has 24 heavy (non-hydrogen) atoms. The molecule has 2 atom stereocenters. The van der Waals surface area contributed by atoms with Crippen molar-refractivity contribution in [3.63, 3.8) is 0 Å². The molecule has 4 N–H and O–H groups in total. The Morgan fingerprint density at radius 2 is 1.83 bits per heavy atom. The molecule has 0 aliphatic heterocycles. The van der Waals surface area contributed by atoms with E-state index in [-0.39, 0.29) is 40.5 Å². The van der Waals surface area contributed by atoms with Crippen molar-refractivity contribution >= 4 is 47.4 Å². The largest absolute Gasteiger partial charge is 0.348 e. The SMILES string of the molecule is CC(NC(=O)CNC(=O)[C@@H](N)C(C)C)c1c(Cl)ccc(F)c1Cl.Cl. The Balaban J connectivity index is 0.00000529. The summed E-state index contributed by atoms with van der Waals surface area (Å²) in [6.07, 6.45) is 0. The van der Waals surface area contributed by atoms with Crippen LogP contribution in [0, 0.1) is 11.7 Å². The van der Waals surface area contributed by atoms with Gasteiger partial charge in [-0.1, -0.05) is 37.0 Å². The molecule has 5 nitrogen and oxygen atoms in total. The lowest BCUT2D eigenvalue weighted by Crippen LogP contribution is -2.47. The first kappa shape index (κ1) is 22.9. The molecule has 0 heterocycles. The molecule has 0 spiro atoms. The number of nitrogens with two attached hydrogens (primary N) is 1. The summed E-state index contributed by atoms with van der Waals surface area (Å²) in [6, 6.07) is 1.21. The van der Waals surface area contributed by atoms with Crippen LogP contribution in [-0.4, -0.2) is 24.4 Å². The van der Waals surface area contributed by atoms with Crippen LogP contribution < -0.4 is 16.4 Å². The molecule has 0 fully saturated rings. The number of amides is 2. The molecular formula is C15H21Cl3FN3O2. The van der Waals surface area contributed by atoms with Crippen molar-refractivity contribution in [2.45, 2.75) is 32.9 Å². The second kappa shape index (κ2) is 10.0. The summed E-state index contributed by atoms with van der Waals surface area (Å²) in [5.74, 6) is -1.53. The summed E-state index contributed by atoms with van der Waals surface area (Å²) in [4.78, 5) is 23.6. The molecule has 0 radical (unpaired) electrons. The molecule has 1 rings (SSSR count). The van der Waals surface area contributed by atoms with E-state index in [1.165, 1.54) is 6.07 Å². The van der Waals surface area contributed by atoms with E-state index < -0.39 is 29.7 Å². The van der Waals surface area contributed by atoms with Crippen LogP contribution >= 0.6 is 35.6 Å². The number of benzene rings is 1. The molecule has 2 amide bonds. The van der Waals surface area contributed by atoms with Crippen LogP contribution in [0.5, 0.6) is 0 Å². The molecular weight excluding hydrogens is 380 g/mol. The van der Waals surface area contributed by atoms with E-state index in [1.54, 1.807) is 20.8 Å². The van der Waals surface area contributed by atoms with Crippen molar-refractivity contribution < 1.29 is 14.0 Å². The third kappa shape index (κ3) is 6.09. The van der Waals surface area contributed by atoms with E-state index in [0.29, 0.717) is 0 Å². The standard InChI is InChI=1S/C15H20Cl2FN3O2.ClH/c1-7(2)14(19)15(23)20-6-11(22)21-8(3)12-9(16)4-5-10(18)13(12)17;/h4-5,7-8,14H,6,19H2,1-3H3,(H,20,23)(H,21,22);1H/t8?,14-;/m0./s1. The first-order valence-corrected chi connectivity index (χ1v) is 7.86. The molecule has 1 aromatic carbocycles. The number of halogens is 4. The van der Waals surface area contributed by atoms with Crippen molar-refractivity contribution in [3.8, 4) is 0 Å². The number of rotatable bonds is 6. The summed E-state index contributed by atoms with van der Waals surface area (Å²) in [5.41, 5.74) is 5.96. The quantitative estimate of drug-likeness (QED) is 0.642. The van der Waals surface area contributed by atoms with Gasteiger partial charge in [-0.25, -0.2) is 4.39 Å². The number of carbonyl (C=O) groups is 2. The van der Waals surface area contributed by atoms with Gasteiger partial charge in [-0.05, 0) is 25.0 Å². The first-order chi connectivity index (χ1) is 10.6. The zero-order valence-electron chi connectivity index (χ0n) is 13.5. The van der Waals surface area contributed by atoms with E-state index in [0.717, 1.165) is 6.07 Å². The monoisotopic (exact) mass is 399 g/mol. The lowest BCUT2D eigenvalue weighted by molar-refractivity contribution is -0.127. The fourth-order valence-corrected chi connectivity index (χ4v) is 2.59. The minimum absolute atomic E-state index is 0. The van der Waals surface area contributed by atoms with Gasteiger partial charge in [-0.3, -0.25) is 9.59 Å². The first-order valence-electron chi connectivity index (χ1n) is 7.11. The maximum atomic E-state index is 13.5. The molecule has 0 aliphatic carbocycles. The maximum Gasteiger partial charge on any atom is 0.239 e. The van der Waals surface area contributed by atoms with Gasteiger partial charge in [0.05, 0.1) is 23.7 Å². The van der Waals surface area contributed by atoms with Gasteiger partial charge in [0.15, 0.2) is 0 Å². The fourth-order valence-electron chi connectivity index (χ4n) is 1.89. The lowest BCUT2D eigenvalue weighted by Gasteiger charge is -2.19. The Morgan fingerprint density at radius 3 is 2.38 bits per heavy atom. The normalized spacial score (nSPS) is 13.0. The van der Waals surface area contributed by atoms with Crippen molar-refractivity contribution in [1.29, 1.82) is 0 Å². The average Bonchev–Trinajstić information content (AvgIpc) is 2.48. The van der Waals surface area contributed by atoms with Crippen LogP contribution in [0.3, 0.4) is 0 Å². The van der Waals surface area contributed by atoms with Gasteiger partial charge in [-0.15, -0.1) is 12.4 Å². The van der Waals surface area contributed by atoms with Crippen LogP contribution in [0.2, 0.25) is 10.0 Å². The summed E-state index contributed by atoms with van der Waals surface area (Å²) in [5, 5.41) is 5.15. The van der Waals surface area contributed by atoms with Crippen molar-refractivity contribution in [3.05, 3.63) is 33.6 Å². The summed E-state index contributed by atoms with van der Waals surface area (Å²) < 4.78 is 13.5. The van der Waals surface area contributed by atoms with Gasteiger partial charge in [0.1, 0.15) is 5.82 Å². The predicted molar refractivity (Wildman–Crippen MR) is 96.0 cm³/mol. The Hall–Kier alpha value is -1.08. The highest BCUT2D eigenvalue weighted by Crippen LogP contribution is 2.32. The Bertz CT molecular complexity index is 600. The molecule has 0 aliphatic rings. The third-order valence-electron chi connectivity index (χ3n) is 3.33. The van der Waals surface area contributed by atoms with Crippen molar-refractivity contribution in [2.75, 3.05) is 6.54 Å². The summed E-state index contributed by atoms with van der Waals surface area (Å²) >= 11 is 11.9. The third-order valence-corrected chi connectivity index (χ3v) is 4.05. The second-order valence-electron chi connectivity index (χ2n) is 5.53. The van der Waals surface area contributed by atoms with Crippen molar-refractivity contribution in [2.24, 2.45) is 11.7 Å². The Kier molecular flexibility index (Phi) is 9.58. The highest BCUT2D eigenvalue weighted by atomic mass is 35.5. The lowest BCUT2D eigenvalue weighted by atomic mass is 10.1. The predicted octanol–water partition coefficient (Wildman–Crippen LogP) is 2.83. The highest BCUT2D eigenvalue weighted by molar-refractivity contribution is 6.36. The molecule has 0 saturated heterocycles. The molecule has 1 unspecified atom stereocenters. The van der Waals surface area contributed by atoms with Crippen LogP contribution in [-0.2, 0) is 9.59 Å². The number of hydrogen-bond donors (Lipinski definition) is 3. The minimum Gasteiger partial charge on any atom is -0.348 e. The average molecular weight is 401 g/mol. The zero-order valence-corrected chi connectivity index (χ0v) is 15.9. The molecule has 0 saturated carbocycles. The molecule has 136 valence electrons. The van der Waals surface area contributed by atoms with Gasteiger partial charge in [0, 0.05) is 10.6 Å². The van der Waals surface area contributed by atoms with Gasteiger partial charge < -0.3 is 16.4 Å². The summed E-state index contributed by atoms with van der Waals surface area (Å²) in [7, 11) is 0. The minimum atomic E-state index is -0.688. The van der Waals surface area contributed by atoms with Crippen molar-refractivity contribution in [1.82, 2.24) is 10.6 Å². The number of nitrogens with one attached hydrogen (secondary N) is 2. The fraction of sp³-hybridized carbons (Fsp3) is 0.467. The van der Waals surface area contributed by atoms with Gasteiger partial charge in [-0.2, -0.15) is 0 Å². The maximum absolute atomic E-state index is 13.5. The Morgan fingerprint density at radius 1 is 1.25 bits per heavy atom. The van der Waals surface area contributed by atoms with Crippen LogP contribution in [0.25, 0.3) is 0 Å². The van der Waals surface area contributed by atoms with Gasteiger partial charge >= 0.3 is 0 Å². The van der Waals surface area contributed by atoms with Crippen LogP contribution in [0.4, 0.5) is 4.39 Å². The highest BCUT2D eigenvalue weighted by Gasteiger charge is 2.20. The summed E-state index contributed by atoms with van der Waals surface area (Å²) in [6.45, 7) is 4.99. The zero-order chi connectivity index (χ0) is 17.7. The van der Waals surface area contributed by atoms with Gasteiger partial charge in [0.25, 0.3) is 0 Å². The smallest absolute Gasteiger partial charge is 0.239 e. The van der Waals surface area contributed by atoms with E-state index in [4.69, 9.17) is 28.9 Å². The van der Waals surface area contributed by atoms with E-state index in [1.807, 2.05) is 0 Å².